The average molecular weight is 240 g/mol. The fourth-order valence-corrected chi connectivity index (χ4v) is 1.87. The summed E-state index contributed by atoms with van der Waals surface area (Å²) in [5, 5.41) is 4.18. The van der Waals surface area contributed by atoms with E-state index in [1.807, 2.05) is 12.3 Å². The van der Waals surface area contributed by atoms with Gasteiger partial charge in [-0.1, -0.05) is 6.07 Å². The Morgan fingerprint density at radius 2 is 2.08 bits per heavy atom. The molecule has 0 aliphatic carbocycles. The minimum absolute atomic E-state index is 0.876. The number of halogens is 1. The van der Waals surface area contributed by atoms with Crippen LogP contribution < -0.4 is 0 Å². The summed E-state index contributed by atoms with van der Waals surface area (Å²) in [6, 6.07) is 6.10. The van der Waals surface area contributed by atoms with Gasteiger partial charge in [0.25, 0.3) is 0 Å². The molecule has 2 heterocycles. The van der Waals surface area contributed by atoms with Gasteiger partial charge in [-0.25, -0.2) is 4.98 Å². The van der Waals surface area contributed by atoms with Gasteiger partial charge >= 0.3 is 0 Å². The van der Waals surface area contributed by atoms with Crippen LogP contribution in [0.15, 0.2) is 39.8 Å². The highest BCUT2D eigenvalue weighted by Gasteiger charge is 1.96. The van der Waals surface area contributed by atoms with E-state index in [0.29, 0.717) is 0 Å². The van der Waals surface area contributed by atoms with Crippen molar-refractivity contribution in [1.29, 1.82) is 0 Å². The minimum atomic E-state index is 0.876. The van der Waals surface area contributed by atoms with E-state index in [9.17, 15) is 0 Å². The second-order valence-electron chi connectivity index (χ2n) is 2.38. The summed E-state index contributed by atoms with van der Waals surface area (Å²) in [5.41, 5.74) is 2.40. The topological polar surface area (TPSA) is 12.9 Å². The molecule has 3 heteroatoms. The molecule has 0 amide bonds. The lowest BCUT2D eigenvalue weighted by molar-refractivity contribution is 1.28. The molecule has 0 fully saturated rings. The van der Waals surface area contributed by atoms with Crippen LogP contribution in [0.25, 0.3) is 11.1 Å². The molecule has 0 saturated heterocycles. The molecule has 60 valence electrons. The Hall–Kier alpha value is -0.670. The molecule has 0 bridgehead atoms. The van der Waals surface area contributed by atoms with Crippen LogP contribution in [0, 0.1) is 0 Å². The molecular weight excluding hydrogens is 234 g/mol. The van der Waals surface area contributed by atoms with E-state index < -0.39 is 0 Å². The zero-order chi connectivity index (χ0) is 8.39. The maximum Gasteiger partial charge on any atom is 0.106 e. The third-order valence-electron chi connectivity index (χ3n) is 1.58. The average Bonchev–Trinajstić information content (AvgIpc) is 2.58. The fourth-order valence-electron chi connectivity index (χ4n) is 0.975. The quantitative estimate of drug-likeness (QED) is 0.694. The van der Waals surface area contributed by atoms with Gasteiger partial charge in [-0.15, -0.1) is 0 Å². The largest absolute Gasteiger partial charge is 0.249 e. The highest BCUT2D eigenvalue weighted by atomic mass is 79.9. The van der Waals surface area contributed by atoms with Crippen LogP contribution in [0.3, 0.4) is 0 Å². The Balaban J connectivity index is 2.43. The van der Waals surface area contributed by atoms with Crippen molar-refractivity contribution in [3.05, 3.63) is 39.8 Å². The lowest BCUT2D eigenvalue weighted by Gasteiger charge is -1.95. The van der Waals surface area contributed by atoms with E-state index >= 15 is 0 Å². The normalized spacial score (nSPS) is 10.1. The standard InChI is InChI=1S/C9H6BrNS/c10-9-2-1-7(5-11-9)8-3-4-12-6-8/h1-6H. The van der Waals surface area contributed by atoms with Crippen molar-refractivity contribution in [1.82, 2.24) is 4.98 Å². The first kappa shape index (κ1) is 7.95. The van der Waals surface area contributed by atoms with Crippen molar-refractivity contribution in [3.63, 3.8) is 0 Å². The van der Waals surface area contributed by atoms with E-state index in [0.717, 1.165) is 4.60 Å². The van der Waals surface area contributed by atoms with Crippen molar-refractivity contribution in [2.75, 3.05) is 0 Å². The maximum absolute atomic E-state index is 4.16. The first-order valence-corrected chi connectivity index (χ1v) is 5.24. The van der Waals surface area contributed by atoms with Crippen LogP contribution in [0.1, 0.15) is 0 Å². The first-order chi connectivity index (χ1) is 5.86. The predicted molar refractivity (Wildman–Crippen MR) is 55.3 cm³/mol. The molecule has 0 aromatic carbocycles. The van der Waals surface area contributed by atoms with E-state index in [1.54, 1.807) is 11.3 Å². The highest BCUT2D eigenvalue weighted by Crippen LogP contribution is 2.21. The van der Waals surface area contributed by atoms with Gasteiger partial charge in [0.1, 0.15) is 4.60 Å². The fraction of sp³-hybridized carbons (Fsp3) is 0. The van der Waals surface area contributed by atoms with Crippen LogP contribution in [0.5, 0.6) is 0 Å². The van der Waals surface area contributed by atoms with Crippen molar-refractivity contribution in [2.24, 2.45) is 0 Å². The summed E-state index contributed by atoms with van der Waals surface area (Å²) < 4.78 is 0.876. The Labute approximate surface area is 83.2 Å². The zero-order valence-electron chi connectivity index (χ0n) is 6.20. The van der Waals surface area contributed by atoms with Gasteiger partial charge in [0.2, 0.25) is 0 Å². The molecule has 2 aromatic heterocycles. The molecule has 0 aliphatic rings. The first-order valence-electron chi connectivity index (χ1n) is 3.50. The number of hydrogen-bond donors (Lipinski definition) is 0. The molecule has 0 atom stereocenters. The Morgan fingerprint density at radius 1 is 1.17 bits per heavy atom. The summed E-state index contributed by atoms with van der Waals surface area (Å²) in [4.78, 5) is 4.16. The van der Waals surface area contributed by atoms with Gasteiger partial charge in [-0.05, 0) is 44.4 Å². The predicted octanol–water partition coefficient (Wildman–Crippen LogP) is 3.57. The maximum atomic E-state index is 4.16. The van der Waals surface area contributed by atoms with Crippen molar-refractivity contribution in [2.45, 2.75) is 0 Å². The molecule has 0 spiro atoms. The number of thiophene rings is 1. The number of aromatic nitrogens is 1. The summed E-state index contributed by atoms with van der Waals surface area (Å²) in [6.07, 6.45) is 1.87. The van der Waals surface area contributed by atoms with E-state index in [4.69, 9.17) is 0 Å². The Kier molecular flexibility index (Phi) is 2.23. The number of hydrogen-bond acceptors (Lipinski definition) is 2. The van der Waals surface area contributed by atoms with Crippen LogP contribution in [-0.2, 0) is 0 Å². The van der Waals surface area contributed by atoms with Gasteiger partial charge < -0.3 is 0 Å². The summed E-state index contributed by atoms with van der Waals surface area (Å²) in [5.74, 6) is 0. The third kappa shape index (κ3) is 1.57. The molecular formula is C9H6BrNS. The molecule has 0 radical (unpaired) electrons. The van der Waals surface area contributed by atoms with E-state index in [1.165, 1.54) is 11.1 Å². The minimum Gasteiger partial charge on any atom is -0.249 e. The second-order valence-corrected chi connectivity index (χ2v) is 3.97. The summed E-state index contributed by atoms with van der Waals surface area (Å²) in [6.45, 7) is 0. The molecule has 0 N–H and O–H groups in total. The Bertz CT molecular complexity index is 353. The van der Waals surface area contributed by atoms with Gasteiger partial charge in [-0.3, -0.25) is 0 Å². The monoisotopic (exact) mass is 239 g/mol. The summed E-state index contributed by atoms with van der Waals surface area (Å²) in [7, 11) is 0. The highest BCUT2D eigenvalue weighted by molar-refractivity contribution is 9.10. The van der Waals surface area contributed by atoms with E-state index in [2.05, 4.69) is 43.8 Å². The van der Waals surface area contributed by atoms with Crippen molar-refractivity contribution in [3.8, 4) is 11.1 Å². The zero-order valence-corrected chi connectivity index (χ0v) is 8.60. The van der Waals surface area contributed by atoms with E-state index in [-0.39, 0.29) is 0 Å². The van der Waals surface area contributed by atoms with Crippen molar-refractivity contribution < 1.29 is 0 Å². The molecule has 0 saturated carbocycles. The van der Waals surface area contributed by atoms with Gasteiger partial charge in [0, 0.05) is 11.8 Å². The summed E-state index contributed by atoms with van der Waals surface area (Å²) >= 11 is 5.00. The van der Waals surface area contributed by atoms with Crippen molar-refractivity contribution >= 4 is 27.3 Å². The van der Waals surface area contributed by atoms with Gasteiger partial charge in [0.15, 0.2) is 0 Å². The molecule has 0 unspecified atom stereocenters. The molecule has 12 heavy (non-hydrogen) atoms. The van der Waals surface area contributed by atoms with Crippen LogP contribution in [0.4, 0.5) is 0 Å². The molecule has 1 nitrogen and oxygen atoms in total. The third-order valence-corrected chi connectivity index (χ3v) is 2.73. The number of pyridine rings is 1. The van der Waals surface area contributed by atoms with Gasteiger partial charge in [-0.2, -0.15) is 11.3 Å². The lowest BCUT2D eigenvalue weighted by Crippen LogP contribution is -1.76. The van der Waals surface area contributed by atoms with Crippen LogP contribution in [0.2, 0.25) is 0 Å². The lowest BCUT2D eigenvalue weighted by atomic mass is 10.2. The SMILES string of the molecule is Brc1ccc(-c2ccsc2)cn1. The number of rotatable bonds is 1. The van der Waals surface area contributed by atoms with Crippen LogP contribution in [-0.4, -0.2) is 4.98 Å². The smallest absolute Gasteiger partial charge is 0.106 e. The second kappa shape index (κ2) is 3.37. The molecule has 2 rings (SSSR count). The van der Waals surface area contributed by atoms with Crippen LogP contribution >= 0.6 is 27.3 Å². The molecule has 0 aliphatic heterocycles. The Morgan fingerprint density at radius 3 is 2.67 bits per heavy atom. The number of nitrogens with zero attached hydrogens (tertiary/aromatic N) is 1. The molecule has 2 aromatic rings. The van der Waals surface area contributed by atoms with Gasteiger partial charge in [0.05, 0.1) is 0 Å².